The summed E-state index contributed by atoms with van der Waals surface area (Å²) < 4.78 is 96.0. The number of hydrogen-bond acceptors (Lipinski definition) is 8. The fourth-order valence-electron chi connectivity index (χ4n) is 6.17. The molecule has 0 radical (unpaired) electrons. The summed E-state index contributed by atoms with van der Waals surface area (Å²) in [4.78, 5) is 9.29. The monoisotopic (exact) mass is 721 g/mol. The Labute approximate surface area is 287 Å². The molecule has 3 atom stereocenters. The Hall–Kier alpha value is -4.14. The first-order chi connectivity index (χ1) is 23.2. The van der Waals surface area contributed by atoms with Crippen LogP contribution >= 0.6 is 11.6 Å². The van der Waals surface area contributed by atoms with E-state index in [2.05, 4.69) is 15.3 Å². The molecule has 1 aliphatic rings. The van der Waals surface area contributed by atoms with Crippen molar-refractivity contribution in [3.05, 3.63) is 101 Å². The number of benzene rings is 3. The summed E-state index contributed by atoms with van der Waals surface area (Å²) in [5, 5.41) is 3.26. The van der Waals surface area contributed by atoms with Crippen molar-refractivity contribution in [2.24, 2.45) is 0 Å². The number of nitrogens with one attached hydrogen (secondary N) is 1. The minimum atomic E-state index is -4.59. The van der Waals surface area contributed by atoms with Crippen LogP contribution in [0.25, 0.3) is 0 Å². The molecule has 1 aromatic heterocycles. The van der Waals surface area contributed by atoms with Gasteiger partial charge in [-0.15, -0.1) is 0 Å². The third-order valence-electron chi connectivity index (χ3n) is 8.73. The van der Waals surface area contributed by atoms with Crippen LogP contribution in [-0.2, 0) is 22.7 Å². The van der Waals surface area contributed by atoms with Crippen LogP contribution in [0.15, 0.2) is 78.1 Å². The number of likely N-dealkylation sites (N-methyl/N-ethyl adjacent to an activating group) is 1. The van der Waals surface area contributed by atoms with Gasteiger partial charge < -0.3 is 19.7 Å². The molecule has 0 aliphatic heterocycles. The van der Waals surface area contributed by atoms with Gasteiger partial charge in [0.05, 0.1) is 37.0 Å². The molecular weight excluding hydrogens is 686 g/mol. The van der Waals surface area contributed by atoms with Crippen LogP contribution < -0.4 is 19.1 Å². The van der Waals surface area contributed by atoms with Crippen LogP contribution in [0.2, 0.25) is 5.02 Å². The van der Waals surface area contributed by atoms with Crippen LogP contribution in [0.4, 0.5) is 29.1 Å². The molecule has 1 saturated carbocycles. The van der Waals surface area contributed by atoms with E-state index in [9.17, 15) is 21.6 Å². The Balaban J connectivity index is 1.42. The highest BCUT2D eigenvalue weighted by Gasteiger charge is 2.36. The van der Waals surface area contributed by atoms with E-state index in [0.717, 1.165) is 22.5 Å². The molecule has 0 saturated heterocycles. The number of anilines is 2. The van der Waals surface area contributed by atoms with Gasteiger partial charge in [-0.3, -0.25) is 0 Å². The number of hydrogen-bond donors (Lipinski definition) is 1. The fraction of sp³-hybridized carbons (Fsp3) is 0.353. The highest BCUT2D eigenvalue weighted by molar-refractivity contribution is 7.92. The van der Waals surface area contributed by atoms with Gasteiger partial charge in [-0.2, -0.15) is 13.2 Å². The topological polar surface area (TPSA) is 96.9 Å². The lowest BCUT2D eigenvalue weighted by Crippen LogP contribution is -2.47. The highest BCUT2D eigenvalue weighted by atomic mass is 35.5. The smallest absolute Gasteiger partial charge is 0.416 e. The van der Waals surface area contributed by atoms with Gasteiger partial charge in [-0.1, -0.05) is 29.8 Å². The molecule has 9 nitrogen and oxygen atoms in total. The van der Waals surface area contributed by atoms with Crippen molar-refractivity contribution >= 4 is 33.1 Å². The lowest BCUT2D eigenvalue weighted by atomic mass is 9.78. The Morgan fingerprint density at radius 1 is 1.02 bits per heavy atom. The summed E-state index contributed by atoms with van der Waals surface area (Å²) in [6.07, 6.45) is -0.213. The number of halogens is 5. The summed E-state index contributed by atoms with van der Waals surface area (Å²) in [5.41, 5.74) is 0.577. The molecule has 0 amide bonds. The second-order valence-corrected chi connectivity index (χ2v) is 14.2. The average molecular weight is 722 g/mol. The van der Waals surface area contributed by atoms with Crippen LogP contribution in [0.3, 0.4) is 0 Å². The predicted molar refractivity (Wildman–Crippen MR) is 179 cm³/mol. The van der Waals surface area contributed by atoms with Crippen molar-refractivity contribution in [1.82, 2.24) is 14.9 Å². The molecule has 262 valence electrons. The van der Waals surface area contributed by atoms with Gasteiger partial charge >= 0.3 is 6.18 Å². The maximum Gasteiger partial charge on any atom is 0.416 e. The molecule has 4 aromatic rings. The van der Waals surface area contributed by atoms with Gasteiger partial charge in [0.25, 0.3) is 10.0 Å². The zero-order valence-corrected chi connectivity index (χ0v) is 28.8. The predicted octanol–water partition coefficient (Wildman–Crippen LogP) is 7.38. The van der Waals surface area contributed by atoms with E-state index in [-0.39, 0.29) is 41.1 Å². The molecule has 49 heavy (non-hydrogen) atoms. The van der Waals surface area contributed by atoms with Gasteiger partial charge in [0.15, 0.2) is 0 Å². The summed E-state index contributed by atoms with van der Waals surface area (Å²) in [6.45, 7) is -0.261. The molecular formula is C34H36ClF4N5O4S. The third-order valence-corrected chi connectivity index (χ3v) is 10.8. The molecule has 1 fully saturated rings. The second-order valence-electron chi connectivity index (χ2n) is 11.9. The first kappa shape index (κ1) is 36.1. The lowest BCUT2D eigenvalue weighted by molar-refractivity contribution is -0.137. The molecule has 1 heterocycles. The van der Waals surface area contributed by atoms with E-state index in [1.54, 1.807) is 24.3 Å². The molecule has 1 N–H and O–H groups in total. The Morgan fingerprint density at radius 3 is 2.45 bits per heavy atom. The maximum atomic E-state index is 15.9. The molecule has 0 unspecified atom stereocenters. The first-order valence-corrected chi connectivity index (χ1v) is 17.1. The van der Waals surface area contributed by atoms with Crippen molar-refractivity contribution < 1.29 is 35.5 Å². The molecule has 0 spiro atoms. The quantitative estimate of drug-likeness (QED) is 0.160. The van der Waals surface area contributed by atoms with Crippen molar-refractivity contribution in [3.8, 4) is 11.5 Å². The van der Waals surface area contributed by atoms with Crippen molar-refractivity contribution in [2.45, 2.75) is 54.9 Å². The molecule has 1 aliphatic carbocycles. The highest BCUT2D eigenvalue weighted by Crippen LogP contribution is 2.40. The Kier molecular flexibility index (Phi) is 10.9. The SMILES string of the molecule is COc1ccc(CN(c2ccncn2)S(=O)(=O)c2cc(Cl)c(N[C@H]3CC[C@H](c4cccc(C(F)(F)F)c4)C[C@@H]3N(C)C)cc2F)c(OC)c1. The van der Waals surface area contributed by atoms with Gasteiger partial charge in [0, 0.05) is 36.0 Å². The molecule has 5 rings (SSSR count). The number of sulfonamides is 1. The normalized spacial score (nSPS) is 18.3. The summed E-state index contributed by atoms with van der Waals surface area (Å²) in [6, 6.07) is 13.4. The van der Waals surface area contributed by atoms with E-state index in [1.807, 2.05) is 19.0 Å². The van der Waals surface area contributed by atoms with Gasteiger partial charge in [-0.25, -0.2) is 27.1 Å². The minimum Gasteiger partial charge on any atom is -0.497 e. The Morgan fingerprint density at radius 2 is 1.80 bits per heavy atom. The summed E-state index contributed by atoms with van der Waals surface area (Å²) in [7, 11) is 2.07. The van der Waals surface area contributed by atoms with Crippen molar-refractivity contribution in [1.29, 1.82) is 0 Å². The van der Waals surface area contributed by atoms with Crippen molar-refractivity contribution in [2.75, 3.05) is 37.9 Å². The van der Waals surface area contributed by atoms with Gasteiger partial charge in [-0.05, 0) is 75.2 Å². The molecule has 15 heteroatoms. The van der Waals surface area contributed by atoms with Crippen LogP contribution in [0.5, 0.6) is 11.5 Å². The van der Waals surface area contributed by atoms with Gasteiger partial charge in [0.2, 0.25) is 0 Å². The maximum absolute atomic E-state index is 15.9. The first-order valence-electron chi connectivity index (χ1n) is 15.3. The summed E-state index contributed by atoms with van der Waals surface area (Å²) >= 11 is 6.64. The second kappa shape index (κ2) is 14.8. The standard InChI is InChI=1S/C34H36ClF4N5O4S/c1-43(2)30-15-22(21-6-5-7-24(14-21)34(37,38)39)9-11-28(30)42-29-18-27(36)32(17-26(29)35)49(45,46)44(33-12-13-40-20-41-33)19-23-8-10-25(47-3)16-31(23)48-4/h5-8,10,12-14,16-18,20,22,28,30,42H,9,11,15,19H2,1-4H3/t22-,28-,30-/m0/s1. The number of nitrogens with zero attached hydrogens (tertiary/aromatic N) is 4. The van der Waals surface area contributed by atoms with E-state index in [4.69, 9.17) is 21.1 Å². The fourth-order valence-corrected chi connectivity index (χ4v) is 7.93. The Bertz CT molecular complexity index is 1880. The van der Waals surface area contributed by atoms with E-state index < -0.39 is 32.5 Å². The number of ether oxygens (including phenoxy) is 2. The third kappa shape index (κ3) is 8.03. The average Bonchev–Trinajstić information content (AvgIpc) is 3.08. The number of rotatable bonds is 11. The van der Waals surface area contributed by atoms with Gasteiger partial charge in [0.1, 0.15) is 34.4 Å². The lowest BCUT2D eigenvalue weighted by Gasteiger charge is -2.41. The molecule has 0 bridgehead atoms. The van der Waals surface area contributed by atoms with Crippen molar-refractivity contribution in [3.63, 3.8) is 0 Å². The van der Waals surface area contributed by atoms with Crippen LogP contribution in [0, 0.1) is 5.82 Å². The zero-order valence-electron chi connectivity index (χ0n) is 27.2. The number of aromatic nitrogens is 2. The van der Waals surface area contributed by atoms with Crippen LogP contribution in [-0.4, -0.2) is 63.7 Å². The molecule has 3 aromatic carbocycles. The van der Waals surface area contributed by atoms with E-state index in [0.29, 0.717) is 41.9 Å². The number of alkyl halides is 3. The van der Waals surface area contributed by atoms with Crippen LogP contribution in [0.1, 0.15) is 41.9 Å². The zero-order chi connectivity index (χ0) is 35.5. The summed E-state index contributed by atoms with van der Waals surface area (Å²) in [5.74, 6) is -0.309. The largest absolute Gasteiger partial charge is 0.497 e. The van der Waals surface area contributed by atoms with E-state index in [1.165, 1.54) is 44.9 Å². The minimum absolute atomic E-state index is 0.00282. The number of methoxy groups -OCH3 is 2. The van der Waals surface area contributed by atoms with E-state index >= 15 is 4.39 Å².